The summed E-state index contributed by atoms with van der Waals surface area (Å²) < 4.78 is 19.0. The second-order valence-corrected chi connectivity index (χ2v) is 6.83. The van der Waals surface area contributed by atoms with E-state index in [0.29, 0.717) is 0 Å². The number of benzene rings is 2. The molecule has 2 rings (SSSR count). The van der Waals surface area contributed by atoms with Crippen molar-refractivity contribution in [1.29, 1.82) is 5.26 Å². The van der Waals surface area contributed by atoms with Gasteiger partial charge >= 0.3 is 5.69 Å². The molecule has 0 aromatic heterocycles. The largest absolute Gasteiger partial charge is 0.506 e. The Morgan fingerprint density at radius 3 is 2.58 bits per heavy atom. The van der Waals surface area contributed by atoms with Crippen molar-refractivity contribution < 1.29 is 29.1 Å². The molecule has 0 bridgehead atoms. The monoisotopic (exact) mass is 449 g/mol. The number of nitriles is 1. The van der Waals surface area contributed by atoms with Crippen molar-refractivity contribution in [3.05, 3.63) is 68.0 Å². The van der Waals surface area contributed by atoms with E-state index < -0.39 is 45.5 Å². The summed E-state index contributed by atoms with van der Waals surface area (Å²) in [5, 5.41) is 41.2. The van der Waals surface area contributed by atoms with Crippen LogP contribution < -0.4 is 4.74 Å². The van der Waals surface area contributed by atoms with Crippen LogP contribution in [-0.2, 0) is 4.79 Å². The van der Waals surface area contributed by atoms with Crippen LogP contribution in [0.1, 0.15) is 24.1 Å². The fraction of sp³-hybridized carbons (Fsp3) is 0.200. The van der Waals surface area contributed by atoms with E-state index >= 15 is 0 Å². The van der Waals surface area contributed by atoms with E-state index in [4.69, 9.17) is 16.3 Å². The van der Waals surface area contributed by atoms with Gasteiger partial charge < -0.3 is 19.8 Å². The van der Waals surface area contributed by atoms with Gasteiger partial charge in [-0.2, -0.15) is 5.26 Å². The number of nitrogens with zero attached hydrogens (tertiary/aromatic N) is 3. The molecule has 1 unspecified atom stereocenters. The second kappa shape index (κ2) is 9.32. The average Bonchev–Trinajstić information content (AvgIpc) is 2.74. The van der Waals surface area contributed by atoms with E-state index in [1.165, 1.54) is 26.1 Å². The van der Waals surface area contributed by atoms with Crippen LogP contribution in [0.4, 0.5) is 10.1 Å². The number of phenolic OH excluding ortho intramolecular Hbond substituents is 1. The zero-order valence-electron chi connectivity index (χ0n) is 16.6. The van der Waals surface area contributed by atoms with Crippen LogP contribution in [-0.4, -0.2) is 40.1 Å². The Morgan fingerprint density at radius 1 is 1.39 bits per heavy atom. The first-order valence-corrected chi connectivity index (χ1v) is 9.02. The Hall–Kier alpha value is -3.84. The third-order valence-corrected chi connectivity index (χ3v) is 4.85. The van der Waals surface area contributed by atoms with E-state index in [2.05, 4.69) is 0 Å². The lowest BCUT2D eigenvalue weighted by atomic mass is 10.0. The predicted molar refractivity (Wildman–Crippen MR) is 109 cm³/mol. The van der Waals surface area contributed by atoms with E-state index in [0.717, 1.165) is 30.2 Å². The minimum atomic E-state index is -0.971. The van der Waals surface area contributed by atoms with Crippen LogP contribution in [0.2, 0.25) is 5.02 Å². The molecule has 0 saturated heterocycles. The van der Waals surface area contributed by atoms with E-state index in [1.807, 2.05) is 0 Å². The zero-order chi connectivity index (χ0) is 23.5. The van der Waals surface area contributed by atoms with Gasteiger partial charge in [0.05, 0.1) is 18.1 Å². The van der Waals surface area contributed by atoms with Crippen LogP contribution in [0.5, 0.6) is 11.5 Å². The lowest BCUT2D eigenvalue weighted by molar-refractivity contribution is -0.386. The van der Waals surface area contributed by atoms with Crippen LogP contribution in [0.15, 0.2) is 35.9 Å². The Balaban J connectivity index is 2.54. The van der Waals surface area contributed by atoms with Crippen molar-refractivity contribution in [1.82, 2.24) is 4.90 Å². The highest BCUT2D eigenvalue weighted by Crippen LogP contribution is 2.39. The molecule has 0 heterocycles. The SMILES string of the molecule is COc1cc(/C(O)=C(\C#N)C(=O)N(C)C(C)c2cc(Cl)ccc2F)cc([N+](=O)[O-])c1O. The van der Waals surface area contributed by atoms with Gasteiger partial charge in [-0.05, 0) is 31.2 Å². The predicted octanol–water partition coefficient (Wildman–Crippen LogP) is 4.11. The summed E-state index contributed by atoms with van der Waals surface area (Å²) in [6.07, 6.45) is 0. The molecular formula is C20H17ClFN3O6. The summed E-state index contributed by atoms with van der Waals surface area (Å²) in [7, 11) is 2.42. The number of ether oxygens (including phenoxy) is 1. The number of rotatable bonds is 6. The summed E-state index contributed by atoms with van der Waals surface area (Å²) in [5.74, 6) is -3.59. The molecular weight excluding hydrogens is 433 g/mol. The first-order valence-electron chi connectivity index (χ1n) is 8.64. The first kappa shape index (κ1) is 23.4. The molecule has 2 N–H and O–H groups in total. The van der Waals surface area contributed by atoms with Crippen molar-refractivity contribution >= 4 is 29.0 Å². The van der Waals surface area contributed by atoms with Crippen molar-refractivity contribution in [2.24, 2.45) is 0 Å². The number of halogens is 2. The van der Waals surface area contributed by atoms with E-state index in [9.17, 15) is 34.8 Å². The van der Waals surface area contributed by atoms with Crippen molar-refractivity contribution in [2.45, 2.75) is 13.0 Å². The number of amides is 1. The van der Waals surface area contributed by atoms with Crippen molar-refractivity contribution in [3.63, 3.8) is 0 Å². The molecule has 2 aromatic rings. The third-order valence-electron chi connectivity index (χ3n) is 4.62. The van der Waals surface area contributed by atoms with Gasteiger partial charge in [-0.3, -0.25) is 14.9 Å². The number of aromatic hydroxyl groups is 1. The lowest BCUT2D eigenvalue weighted by Crippen LogP contribution is -2.31. The van der Waals surface area contributed by atoms with Gasteiger partial charge in [-0.25, -0.2) is 4.39 Å². The highest BCUT2D eigenvalue weighted by molar-refractivity contribution is 6.30. The van der Waals surface area contributed by atoms with Crippen molar-refractivity contribution in [3.8, 4) is 17.6 Å². The molecule has 2 aromatic carbocycles. The number of nitro benzene ring substituents is 1. The molecule has 0 aliphatic heterocycles. The molecule has 0 saturated carbocycles. The summed E-state index contributed by atoms with van der Waals surface area (Å²) in [6, 6.07) is 6.31. The fourth-order valence-corrected chi connectivity index (χ4v) is 2.95. The molecule has 31 heavy (non-hydrogen) atoms. The molecule has 9 nitrogen and oxygen atoms in total. The molecule has 162 valence electrons. The molecule has 11 heteroatoms. The van der Waals surface area contributed by atoms with Gasteiger partial charge in [0.1, 0.15) is 17.6 Å². The number of aliphatic hydroxyl groups excluding tert-OH is 1. The van der Waals surface area contributed by atoms with Gasteiger partial charge in [0.25, 0.3) is 5.91 Å². The molecule has 1 atom stereocenters. The molecule has 0 spiro atoms. The Labute approximate surface area is 181 Å². The van der Waals surface area contributed by atoms with E-state index in [1.54, 1.807) is 6.07 Å². The number of nitro groups is 1. The minimum Gasteiger partial charge on any atom is -0.506 e. The maximum absolute atomic E-state index is 14.2. The van der Waals surface area contributed by atoms with Gasteiger partial charge in [0, 0.05) is 29.3 Å². The molecule has 0 fully saturated rings. The number of aliphatic hydroxyl groups is 1. The number of carbonyl (C=O) groups is 1. The number of carbonyl (C=O) groups excluding carboxylic acids is 1. The van der Waals surface area contributed by atoms with Gasteiger partial charge in [-0.1, -0.05) is 11.6 Å². The van der Waals surface area contributed by atoms with Crippen LogP contribution in [0, 0.1) is 27.3 Å². The molecule has 0 radical (unpaired) electrons. The zero-order valence-corrected chi connectivity index (χ0v) is 17.3. The topological polar surface area (TPSA) is 137 Å². The standard InChI is InChI=1S/C20H17ClFN3O6/c1-10(13-8-12(21)4-5-15(13)22)24(2)20(28)14(9-23)18(26)11-6-16(25(29)30)19(27)17(7-11)31-3/h4-8,10,26-27H,1-3H3/b18-14-. The Bertz CT molecular complexity index is 1130. The van der Waals surface area contributed by atoms with Crippen LogP contribution in [0.3, 0.4) is 0 Å². The number of likely N-dealkylation sites (N-methyl/N-ethyl adjacent to an activating group) is 1. The molecule has 0 aliphatic carbocycles. The number of hydrogen-bond acceptors (Lipinski definition) is 7. The summed E-state index contributed by atoms with van der Waals surface area (Å²) >= 11 is 5.89. The molecule has 1 amide bonds. The summed E-state index contributed by atoms with van der Waals surface area (Å²) in [6.45, 7) is 1.49. The highest BCUT2D eigenvalue weighted by Gasteiger charge is 2.28. The van der Waals surface area contributed by atoms with Crippen LogP contribution in [0.25, 0.3) is 5.76 Å². The van der Waals surface area contributed by atoms with Gasteiger partial charge in [-0.15, -0.1) is 0 Å². The Kier molecular flexibility index (Phi) is 7.04. The van der Waals surface area contributed by atoms with E-state index in [-0.39, 0.29) is 21.9 Å². The minimum absolute atomic E-state index is 0.0853. The van der Waals surface area contributed by atoms with Crippen LogP contribution >= 0.6 is 11.6 Å². The summed E-state index contributed by atoms with van der Waals surface area (Å²) in [5.41, 5.74) is -1.77. The van der Waals surface area contributed by atoms with Gasteiger partial charge in [0.2, 0.25) is 5.75 Å². The maximum Gasteiger partial charge on any atom is 0.315 e. The Morgan fingerprint density at radius 2 is 2.03 bits per heavy atom. The van der Waals surface area contributed by atoms with Gasteiger partial charge in [0.15, 0.2) is 11.3 Å². The third kappa shape index (κ3) is 4.67. The fourth-order valence-electron chi connectivity index (χ4n) is 2.77. The van der Waals surface area contributed by atoms with Crippen molar-refractivity contribution in [2.75, 3.05) is 14.2 Å². The second-order valence-electron chi connectivity index (χ2n) is 6.40. The highest BCUT2D eigenvalue weighted by atomic mass is 35.5. The first-order chi connectivity index (χ1) is 14.5. The molecule has 0 aliphatic rings. The summed E-state index contributed by atoms with van der Waals surface area (Å²) in [4.78, 5) is 24.1. The number of hydrogen-bond donors (Lipinski definition) is 2. The maximum atomic E-state index is 14.2. The lowest BCUT2D eigenvalue weighted by Gasteiger charge is -2.25. The smallest absolute Gasteiger partial charge is 0.315 e. The normalized spacial score (nSPS) is 12.4. The average molecular weight is 450 g/mol. The number of methoxy groups -OCH3 is 1. The number of phenols is 1. The quantitative estimate of drug-likeness (QED) is 0.222.